The van der Waals surface area contributed by atoms with Crippen LogP contribution in [0.2, 0.25) is 0 Å². The lowest BCUT2D eigenvalue weighted by Gasteiger charge is -2.18. The lowest BCUT2D eigenvalue weighted by atomic mass is 10.1. The fraction of sp³-hybridized carbons (Fsp3) is 0.571. The fourth-order valence-electron chi connectivity index (χ4n) is 3.15. The molecule has 1 atom stereocenters. The van der Waals surface area contributed by atoms with Gasteiger partial charge in [0.1, 0.15) is 0 Å². The number of nitrogens with one attached hydrogen (secondary N) is 3. The predicted molar refractivity (Wildman–Crippen MR) is 112 cm³/mol. The number of benzene rings is 1. The van der Waals surface area contributed by atoms with Crippen LogP contribution in [0.25, 0.3) is 0 Å². The quantitative estimate of drug-likeness (QED) is 0.335. The number of amides is 2. The van der Waals surface area contributed by atoms with E-state index in [0.29, 0.717) is 32.0 Å². The highest BCUT2D eigenvalue weighted by molar-refractivity contribution is 5.81. The second kappa shape index (κ2) is 11.3. The summed E-state index contributed by atoms with van der Waals surface area (Å²) in [4.78, 5) is 30.0. The molecule has 28 heavy (non-hydrogen) atoms. The molecule has 3 N–H and O–H groups in total. The maximum Gasteiger partial charge on any atom is 0.223 e. The summed E-state index contributed by atoms with van der Waals surface area (Å²) in [6, 6.07) is 10.3. The number of aliphatic imine (C=N–C) groups is 1. The molecule has 1 aliphatic rings. The van der Waals surface area contributed by atoms with Gasteiger partial charge in [0.05, 0.1) is 0 Å². The number of nitrogens with zero attached hydrogens (tertiary/aromatic N) is 2. The molecule has 1 unspecified atom stereocenters. The monoisotopic (exact) mass is 387 g/mol. The molecule has 1 fully saturated rings. The lowest BCUT2D eigenvalue weighted by Crippen LogP contribution is -2.43. The highest BCUT2D eigenvalue weighted by atomic mass is 16.2. The zero-order valence-corrected chi connectivity index (χ0v) is 17.2. The van der Waals surface area contributed by atoms with Gasteiger partial charge in [0, 0.05) is 58.0 Å². The van der Waals surface area contributed by atoms with Crippen LogP contribution < -0.4 is 16.0 Å². The van der Waals surface area contributed by atoms with Crippen LogP contribution in [0.5, 0.6) is 0 Å². The zero-order valence-electron chi connectivity index (χ0n) is 17.2. The topological polar surface area (TPSA) is 85.8 Å². The average Bonchev–Trinajstić information content (AvgIpc) is 3.05. The SMILES string of the molecule is CN=C(NCCNC(=O)C(C)C)NCC1CC(=O)N(CCc2ccccc2)C1. The first-order valence-corrected chi connectivity index (χ1v) is 10.0. The summed E-state index contributed by atoms with van der Waals surface area (Å²) in [6.45, 7) is 7.13. The molecule has 0 spiro atoms. The van der Waals surface area contributed by atoms with Crippen LogP contribution in [0.4, 0.5) is 0 Å². The molecule has 1 heterocycles. The van der Waals surface area contributed by atoms with E-state index in [1.165, 1.54) is 5.56 Å². The van der Waals surface area contributed by atoms with Crippen molar-refractivity contribution < 1.29 is 9.59 Å². The second-order valence-corrected chi connectivity index (χ2v) is 7.47. The Morgan fingerprint density at radius 3 is 2.57 bits per heavy atom. The fourth-order valence-corrected chi connectivity index (χ4v) is 3.15. The van der Waals surface area contributed by atoms with Crippen LogP contribution in [0.15, 0.2) is 35.3 Å². The largest absolute Gasteiger partial charge is 0.356 e. The van der Waals surface area contributed by atoms with E-state index in [2.05, 4.69) is 33.1 Å². The first-order chi connectivity index (χ1) is 13.5. The molecule has 0 bridgehead atoms. The van der Waals surface area contributed by atoms with E-state index in [4.69, 9.17) is 0 Å². The number of hydrogen-bond donors (Lipinski definition) is 3. The number of likely N-dealkylation sites (tertiary alicyclic amines) is 1. The Morgan fingerprint density at radius 1 is 1.18 bits per heavy atom. The Balaban J connectivity index is 1.66. The summed E-state index contributed by atoms with van der Waals surface area (Å²) < 4.78 is 0. The van der Waals surface area contributed by atoms with Gasteiger partial charge in [-0.05, 0) is 12.0 Å². The Labute approximate surface area is 168 Å². The van der Waals surface area contributed by atoms with Crippen molar-refractivity contribution in [2.24, 2.45) is 16.8 Å². The van der Waals surface area contributed by atoms with Crippen molar-refractivity contribution in [3.05, 3.63) is 35.9 Å². The highest BCUT2D eigenvalue weighted by Crippen LogP contribution is 2.17. The number of carbonyl (C=O) groups excluding carboxylic acids is 2. The van der Waals surface area contributed by atoms with E-state index in [0.717, 1.165) is 19.5 Å². The number of rotatable bonds is 9. The first-order valence-electron chi connectivity index (χ1n) is 10.0. The third-order valence-electron chi connectivity index (χ3n) is 4.83. The minimum absolute atomic E-state index is 0.0119. The van der Waals surface area contributed by atoms with E-state index in [1.54, 1.807) is 7.05 Å². The Morgan fingerprint density at radius 2 is 1.89 bits per heavy atom. The van der Waals surface area contributed by atoms with Crippen molar-refractivity contribution in [2.75, 3.05) is 39.8 Å². The van der Waals surface area contributed by atoms with Crippen molar-refractivity contribution in [1.82, 2.24) is 20.9 Å². The van der Waals surface area contributed by atoms with Gasteiger partial charge in [-0.15, -0.1) is 0 Å². The Hall–Kier alpha value is -2.57. The van der Waals surface area contributed by atoms with Crippen LogP contribution in [0.1, 0.15) is 25.8 Å². The van der Waals surface area contributed by atoms with Crippen molar-refractivity contribution in [3.63, 3.8) is 0 Å². The summed E-state index contributed by atoms with van der Waals surface area (Å²) in [7, 11) is 1.72. The summed E-state index contributed by atoms with van der Waals surface area (Å²) in [6.07, 6.45) is 1.46. The van der Waals surface area contributed by atoms with E-state index < -0.39 is 0 Å². The predicted octanol–water partition coefficient (Wildman–Crippen LogP) is 1.01. The molecule has 0 saturated carbocycles. The molecular weight excluding hydrogens is 354 g/mol. The van der Waals surface area contributed by atoms with E-state index in [9.17, 15) is 9.59 Å². The average molecular weight is 388 g/mol. The van der Waals surface area contributed by atoms with Crippen LogP contribution in [-0.2, 0) is 16.0 Å². The van der Waals surface area contributed by atoms with E-state index in [1.807, 2.05) is 36.9 Å². The summed E-state index contributed by atoms with van der Waals surface area (Å²) in [5.41, 5.74) is 1.26. The number of hydrogen-bond acceptors (Lipinski definition) is 3. The van der Waals surface area contributed by atoms with Gasteiger partial charge in [0.25, 0.3) is 0 Å². The van der Waals surface area contributed by atoms with Crippen molar-refractivity contribution in [3.8, 4) is 0 Å². The van der Waals surface area contributed by atoms with Gasteiger partial charge in [-0.25, -0.2) is 0 Å². The maximum atomic E-state index is 12.3. The van der Waals surface area contributed by atoms with E-state index >= 15 is 0 Å². The highest BCUT2D eigenvalue weighted by Gasteiger charge is 2.29. The minimum atomic E-state index is -0.0119. The molecule has 1 aromatic rings. The normalized spacial score (nSPS) is 17.1. The molecule has 0 radical (unpaired) electrons. The molecular formula is C21H33N5O2. The van der Waals surface area contributed by atoms with Crippen molar-refractivity contribution in [2.45, 2.75) is 26.7 Å². The lowest BCUT2D eigenvalue weighted by molar-refractivity contribution is -0.127. The second-order valence-electron chi connectivity index (χ2n) is 7.47. The molecule has 1 saturated heterocycles. The van der Waals surface area contributed by atoms with E-state index in [-0.39, 0.29) is 23.7 Å². The molecule has 2 amide bonds. The minimum Gasteiger partial charge on any atom is -0.356 e. The summed E-state index contributed by atoms with van der Waals surface area (Å²) in [5, 5.41) is 9.33. The standard InChI is InChI=1S/C21H33N5O2/c1-16(2)20(28)23-10-11-24-21(22-3)25-14-18-13-19(27)26(15-18)12-9-17-7-5-4-6-8-17/h4-8,16,18H,9-15H2,1-3H3,(H,23,28)(H2,22,24,25). The number of carbonyl (C=O) groups is 2. The van der Waals surface area contributed by atoms with Gasteiger partial charge in [-0.3, -0.25) is 14.6 Å². The number of guanidine groups is 1. The first kappa shape index (κ1) is 21.7. The zero-order chi connectivity index (χ0) is 20.4. The molecule has 7 nitrogen and oxygen atoms in total. The maximum absolute atomic E-state index is 12.3. The van der Waals surface area contributed by atoms with Gasteiger partial charge < -0.3 is 20.9 Å². The van der Waals surface area contributed by atoms with Crippen molar-refractivity contribution >= 4 is 17.8 Å². The molecule has 1 aliphatic heterocycles. The van der Waals surface area contributed by atoms with Crippen LogP contribution in [0.3, 0.4) is 0 Å². The van der Waals surface area contributed by atoms with Crippen LogP contribution in [-0.4, -0.2) is 62.4 Å². The third-order valence-corrected chi connectivity index (χ3v) is 4.83. The smallest absolute Gasteiger partial charge is 0.223 e. The van der Waals surface area contributed by atoms with Gasteiger partial charge in [0.15, 0.2) is 5.96 Å². The van der Waals surface area contributed by atoms with Crippen LogP contribution in [0, 0.1) is 11.8 Å². The molecule has 154 valence electrons. The molecule has 1 aromatic carbocycles. The Bertz CT molecular complexity index is 660. The molecule has 2 rings (SSSR count). The molecule has 7 heteroatoms. The van der Waals surface area contributed by atoms with Gasteiger partial charge in [-0.2, -0.15) is 0 Å². The van der Waals surface area contributed by atoms with Gasteiger partial charge in [-0.1, -0.05) is 44.2 Å². The summed E-state index contributed by atoms with van der Waals surface area (Å²) in [5.74, 6) is 1.23. The van der Waals surface area contributed by atoms with Crippen molar-refractivity contribution in [1.29, 1.82) is 0 Å². The molecule has 0 aliphatic carbocycles. The van der Waals surface area contributed by atoms with Crippen LogP contribution >= 0.6 is 0 Å². The molecule has 0 aromatic heterocycles. The summed E-state index contributed by atoms with van der Waals surface area (Å²) >= 11 is 0. The Kier molecular flexibility index (Phi) is 8.78. The third kappa shape index (κ3) is 7.21. The van der Waals surface area contributed by atoms with Gasteiger partial charge in [0.2, 0.25) is 11.8 Å². The van der Waals surface area contributed by atoms with Gasteiger partial charge >= 0.3 is 0 Å².